The molecule has 0 bridgehead atoms. The number of allylic oxidation sites excluding steroid dienone is 2. The van der Waals surface area contributed by atoms with E-state index in [1.165, 1.54) is 70.6 Å². The van der Waals surface area contributed by atoms with Crippen LogP contribution in [0.3, 0.4) is 0 Å². The highest BCUT2D eigenvalue weighted by molar-refractivity contribution is 5.69. The number of esters is 1. The molecule has 0 aromatic heterocycles. The third-order valence-corrected chi connectivity index (χ3v) is 5.41. The maximum Gasteiger partial charge on any atom is 0.305 e. The first-order valence-electron chi connectivity index (χ1n) is 13.2. The molecule has 0 radical (unpaired) electrons. The van der Waals surface area contributed by atoms with Crippen LogP contribution in [0.15, 0.2) is 12.2 Å². The Morgan fingerprint density at radius 2 is 1.16 bits per heavy atom. The summed E-state index contributed by atoms with van der Waals surface area (Å²) >= 11 is 0. The Balaban J connectivity index is 3.24. The molecular formula is C27H54NO4+. The molecule has 0 aromatic rings. The van der Waals surface area contributed by atoms with E-state index in [-0.39, 0.29) is 5.97 Å². The average molecular weight is 457 g/mol. The molecule has 0 aliphatic carbocycles. The Labute approximate surface area is 199 Å². The maximum atomic E-state index is 11.7. The third-order valence-electron chi connectivity index (χ3n) is 5.41. The average Bonchev–Trinajstić information content (AvgIpc) is 2.74. The van der Waals surface area contributed by atoms with Gasteiger partial charge >= 0.3 is 5.97 Å². The van der Waals surface area contributed by atoms with Gasteiger partial charge in [-0.3, -0.25) is 4.79 Å². The summed E-state index contributed by atoms with van der Waals surface area (Å²) in [4.78, 5) is 11.7. The van der Waals surface area contributed by atoms with Crippen LogP contribution in [0.4, 0.5) is 0 Å². The first-order chi connectivity index (χ1) is 15.5. The van der Waals surface area contributed by atoms with E-state index < -0.39 is 0 Å². The van der Waals surface area contributed by atoms with Gasteiger partial charge in [-0.15, -0.1) is 0 Å². The van der Waals surface area contributed by atoms with Crippen molar-refractivity contribution in [2.24, 2.45) is 0 Å². The molecule has 190 valence electrons. The Hall–Kier alpha value is -0.910. The molecule has 0 saturated heterocycles. The lowest BCUT2D eigenvalue weighted by Crippen LogP contribution is -2.37. The van der Waals surface area contributed by atoms with Gasteiger partial charge in [0.1, 0.15) is 13.2 Å². The second kappa shape index (κ2) is 23.3. The summed E-state index contributed by atoms with van der Waals surface area (Å²) in [6.07, 6.45) is 21.6. The van der Waals surface area contributed by atoms with Crippen LogP contribution in [0, 0.1) is 0 Å². The van der Waals surface area contributed by atoms with E-state index in [9.17, 15) is 4.79 Å². The van der Waals surface area contributed by atoms with Crippen LogP contribution in [0.2, 0.25) is 0 Å². The molecule has 32 heavy (non-hydrogen) atoms. The van der Waals surface area contributed by atoms with Crippen LogP contribution in [0.1, 0.15) is 96.8 Å². The molecule has 0 aliphatic heterocycles. The van der Waals surface area contributed by atoms with Crippen LogP contribution in [0.5, 0.6) is 0 Å². The topological polar surface area (TPSA) is 44.8 Å². The van der Waals surface area contributed by atoms with Gasteiger partial charge < -0.3 is 18.7 Å². The number of hydrogen-bond donors (Lipinski definition) is 0. The highest BCUT2D eigenvalue weighted by atomic mass is 16.6. The third kappa shape index (κ3) is 27.1. The molecule has 0 amide bonds. The van der Waals surface area contributed by atoms with E-state index in [0.717, 1.165) is 30.5 Å². The van der Waals surface area contributed by atoms with Crippen LogP contribution < -0.4 is 0 Å². The standard InChI is InChI=1S/C27H54NO4/c1-5-6-7-8-9-10-11-12-13-14-15-16-17-18-19-20-27(29)32-26-25-31-24-23-30-22-21-28(2,3)4/h12-13H,5-11,14-26H2,1-4H3/q+1/b13-12-. The highest BCUT2D eigenvalue weighted by Gasteiger charge is 2.05. The summed E-state index contributed by atoms with van der Waals surface area (Å²) in [6, 6.07) is 0. The van der Waals surface area contributed by atoms with Crippen molar-refractivity contribution in [3.8, 4) is 0 Å². The summed E-state index contributed by atoms with van der Waals surface area (Å²) in [5.74, 6) is -0.106. The zero-order valence-corrected chi connectivity index (χ0v) is 21.9. The van der Waals surface area contributed by atoms with Crippen LogP contribution in [0.25, 0.3) is 0 Å². The Kier molecular flexibility index (Phi) is 22.6. The van der Waals surface area contributed by atoms with Gasteiger partial charge in [-0.25, -0.2) is 0 Å². The van der Waals surface area contributed by atoms with Crippen molar-refractivity contribution < 1.29 is 23.5 Å². The lowest BCUT2D eigenvalue weighted by molar-refractivity contribution is -0.870. The minimum atomic E-state index is -0.106. The monoisotopic (exact) mass is 456 g/mol. The number of nitrogens with zero attached hydrogens (tertiary/aromatic N) is 1. The fourth-order valence-corrected chi connectivity index (χ4v) is 3.29. The molecule has 0 rings (SSSR count). The Morgan fingerprint density at radius 3 is 1.75 bits per heavy atom. The quantitative estimate of drug-likeness (QED) is 0.0739. The predicted molar refractivity (Wildman–Crippen MR) is 135 cm³/mol. The van der Waals surface area contributed by atoms with Crippen molar-refractivity contribution >= 4 is 5.97 Å². The lowest BCUT2D eigenvalue weighted by Gasteiger charge is -2.23. The fraction of sp³-hybridized carbons (Fsp3) is 0.889. The Morgan fingerprint density at radius 1 is 0.656 bits per heavy atom. The van der Waals surface area contributed by atoms with Crippen molar-refractivity contribution in [2.45, 2.75) is 96.8 Å². The van der Waals surface area contributed by atoms with E-state index in [2.05, 4.69) is 40.2 Å². The number of hydrogen-bond acceptors (Lipinski definition) is 4. The largest absolute Gasteiger partial charge is 0.463 e. The number of unbranched alkanes of at least 4 members (excludes halogenated alkanes) is 11. The summed E-state index contributed by atoms with van der Waals surface area (Å²) in [5.41, 5.74) is 0. The minimum Gasteiger partial charge on any atom is -0.463 e. The van der Waals surface area contributed by atoms with Gasteiger partial charge in [-0.1, -0.05) is 70.4 Å². The first kappa shape index (κ1) is 31.1. The van der Waals surface area contributed by atoms with E-state index in [1.54, 1.807) is 0 Å². The molecular weight excluding hydrogens is 402 g/mol. The number of likely N-dealkylation sites (N-methyl/N-ethyl adjacent to an activating group) is 1. The summed E-state index contributed by atoms with van der Waals surface area (Å²) < 4.78 is 17.1. The zero-order chi connectivity index (χ0) is 23.8. The Bertz CT molecular complexity index is 432. The van der Waals surface area contributed by atoms with Gasteiger partial charge in [-0.2, -0.15) is 0 Å². The highest BCUT2D eigenvalue weighted by Crippen LogP contribution is 2.10. The number of ether oxygens (including phenoxy) is 3. The van der Waals surface area contributed by atoms with Gasteiger partial charge in [0.15, 0.2) is 0 Å². The molecule has 0 atom stereocenters. The molecule has 0 saturated carbocycles. The van der Waals surface area contributed by atoms with E-state index in [4.69, 9.17) is 14.2 Å². The number of quaternary nitrogens is 1. The van der Waals surface area contributed by atoms with E-state index in [0.29, 0.717) is 32.8 Å². The van der Waals surface area contributed by atoms with Crippen molar-refractivity contribution in [1.29, 1.82) is 0 Å². The second-order valence-electron chi connectivity index (χ2n) is 9.79. The van der Waals surface area contributed by atoms with E-state index in [1.807, 2.05) is 0 Å². The normalized spacial score (nSPS) is 12.0. The molecule has 0 spiro atoms. The zero-order valence-electron chi connectivity index (χ0n) is 21.9. The summed E-state index contributed by atoms with van der Waals surface area (Å²) in [5, 5.41) is 0. The van der Waals surface area contributed by atoms with Gasteiger partial charge in [0, 0.05) is 6.42 Å². The summed E-state index contributed by atoms with van der Waals surface area (Å²) in [6.45, 7) is 5.89. The number of carbonyl (C=O) groups excluding carboxylic acids is 1. The van der Waals surface area contributed by atoms with E-state index >= 15 is 0 Å². The SMILES string of the molecule is CCCCCCCC/C=C\CCCCCCCC(=O)OCCOCCOCC[N+](C)(C)C. The molecule has 0 N–H and O–H groups in total. The van der Waals surface area contributed by atoms with Gasteiger partial charge in [0.2, 0.25) is 0 Å². The lowest BCUT2D eigenvalue weighted by atomic mass is 10.1. The fourth-order valence-electron chi connectivity index (χ4n) is 3.29. The molecule has 5 nitrogen and oxygen atoms in total. The van der Waals surface area contributed by atoms with Crippen LogP contribution in [-0.4, -0.2) is 71.2 Å². The van der Waals surface area contributed by atoms with Gasteiger partial charge in [0.25, 0.3) is 0 Å². The predicted octanol–water partition coefficient (Wildman–Crippen LogP) is 6.31. The number of rotatable bonds is 24. The van der Waals surface area contributed by atoms with Crippen molar-refractivity contribution in [1.82, 2.24) is 0 Å². The van der Waals surface area contributed by atoms with Gasteiger partial charge in [0.05, 0.1) is 47.6 Å². The van der Waals surface area contributed by atoms with Gasteiger partial charge in [-0.05, 0) is 32.1 Å². The molecule has 0 fully saturated rings. The molecule has 5 heteroatoms. The van der Waals surface area contributed by atoms with Crippen molar-refractivity contribution in [3.63, 3.8) is 0 Å². The maximum absolute atomic E-state index is 11.7. The van der Waals surface area contributed by atoms with Crippen molar-refractivity contribution in [3.05, 3.63) is 12.2 Å². The smallest absolute Gasteiger partial charge is 0.305 e. The van der Waals surface area contributed by atoms with Crippen molar-refractivity contribution in [2.75, 3.05) is 60.7 Å². The second-order valence-corrected chi connectivity index (χ2v) is 9.79. The minimum absolute atomic E-state index is 0.106. The van der Waals surface area contributed by atoms with Crippen LogP contribution >= 0.6 is 0 Å². The molecule has 0 unspecified atom stereocenters. The summed E-state index contributed by atoms with van der Waals surface area (Å²) in [7, 11) is 6.43. The molecule has 0 heterocycles. The molecule has 0 aliphatic rings. The number of carbonyl (C=O) groups is 1. The molecule has 0 aromatic carbocycles. The van der Waals surface area contributed by atoms with Crippen LogP contribution in [-0.2, 0) is 19.0 Å². The first-order valence-corrected chi connectivity index (χ1v) is 13.2.